The second-order valence-corrected chi connectivity index (χ2v) is 7.31. The maximum absolute atomic E-state index is 12.3. The number of anilines is 1. The summed E-state index contributed by atoms with van der Waals surface area (Å²) < 4.78 is 0.881. The lowest BCUT2D eigenvalue weighted by atomic mass is 10.2. The van der Waals surface area contributed by atoms with Crippen LogP contribution in [-0.4, -0.2) is 16.2 Å². The van der Waals surface area contributed by atoms with Gasteiger partial charge >= 0.3 is 0 Å². The van der Waals surface area contributed by atoms with Gasteiger partial charge in [-0.05, 0) is 46.6 Å². The SMILES string of the molecule is CC(SC1=Nc2ccccc2C1)C(=O)Nc1ccccc1Br. The highest BCUT2D eigenvalue weighted by Crippen LogP contribution is 2.31. The highest BCUT2D eigenvalue weighted by molar-refractivity contribution is 9.10. The molecule has 0 spiro atoms. The van der Waals surface area contributed by atoms with Gasteiger partial charge in [-0.15, -0.1) is 0 Å². The lowest BCUT2D eigenvalue weighted by Gasteiger charge is -2.12. The Labute approximate surface area is 142 Å². The van der Waals surface area contributed by atoms with Gasteiger partial charge in [0.25, 0.3) is 0 Å². The molecule has 0 radical (unpaired) electrons. The van der Waals surface area contributed by atoms with Crippen molar-refractivity contribution >= 4 is 50.0 Å². The van der Waals surface area contributed by atoms with Gasteiger partial charge in [0.05, 0.1) is 21.7 Å². The minimum absolute atomic E-state index is 0.0180. The number of amides is 1. The van der Waals surface area contributed by atoms with Crippen LogP contribution in [0.25, 0.3) is 0 Å². The zero-order valence-corrected chi connectivity index (χ0v) is 14.4. The molecule has 22 heavy (non-hydrogen) atoms. The lowest BCUT2D eigenvalue weighted by molar-refractivity contribution is -0.115. The quantitative estimate of drug-likeness (QED) is 0.838. The smallest absolute Gasteiger partial charge is 0.237 e. The number of thioether (sulfide) groups is 1. The van der Waals surface area contributed by atoms with Gasteiger partial charge in [-0.3, -0.25) is 4.79 Å². The fourth-order valence-electron chi connectivity index (χ4n) is 2.23. The van der Waals surface area contributed by atoms with Gasteiger partial charge < -0.3 is 5.32 Å². The Morgan fingerprint density at radius 1 is 1.23 bits per heavy atom. The van der Waals surface area contributed by atoms with Gasteiger partial charge in [0.1, 0.15) is 0 Å². The molecule has 1 heterocycles. The Bertz CT molecular complexity index is 745. The van der Waals surface area contributed by atoms with Crippen LogP contribution in [0.3, 0.4) is 0 Å². The first-order chi connectivity index (χ1) is 10.6. The fraction of sp³-hybridized carbons (Fsp3) is 0.176. The number of aliphatic imine (C=N–C) groups is 1. The van der Waals surface area contributed by atoms with Crippen LogP contribution in [0.15, 0.2) is 58.0 Å². The van der Waals surface area contributed by atoms with E-state index in [1.807, 2.05) is 49.4 Å². The standard InChI is InChI=1S/C17H15BrN2OS/c1-11(17(21)20-15-9-5-3-7-13(15)18)22-16-10-12-6-2-4-8-14(12)19-16/h2-9,11H,10H2,1H3,(H,20,21). The van der Waals surface area contributed by atoms with E-state index in [1.165, 1.54) is 17.3 Å². The van der Waals surface area contributed by atoms with E-state index in [-0.39, 0.29) is 11.2 Å². The number of hydrogen-bond acceptors (Lipinski definition) is 3. The lowest BCUT2D eigenvalue weighted by Crippen LogP contribution is -2.24. The van der Waals surface area contributed by atoms with Crippen molar-refractivity contribution in [1.82, 2.24) is 0 Å². The van der Waals surface area contributed by atoms with Gasteiger partial charge in [0, 0.05) is 10.9 Å². The van der Waals surface area contributed by atoms with E-state index in [2.05, 4.69) is 32.3 Å². The second kappa shape index (κ2) is 6.67. The molecule has 2 aromatic carbocycles. The van der Waals surface area contributed by atoms with Crippen molar-refractivity contribution in [2.45, 2.75) is 18.6 Å². The predicted molar refractivity (Wildman–Crippen MR) is 97.1 cm³/mol. The van der Waals surface area contributed by atoms with Crippen molar-refractivity contribution in [3.63, 3.8) is 0 Å². The van der Waals surface area contributed by atoms with E-state index < -0.39 is 0 Å². The minimum Gasteiger partial charge on any atom is -0.324 e. The van der Waals surface area contributed by atoms with Crippen molar-refractivity contribution in [2.75, 3.05) is 5.32 Å². The van der Waals surface area contributed by atoms with E-state index >= 15 is 0 Å². The van der Waals surface area contributed by atoms with Crippen LogP contribution >= 0.6 is 27.7 Å². The Balaban J connectivity index is 1.62. The van der Waals surface area contributed by atoms with Crippen molar-refractivity contribution in [2.24, 2.45) is 4.99 Å². The van der Waals surface area contributed by atoms with Gasteiger partial charge in [0.15, 0.2) is 0 Å². The van der Waals surface area contributed by atoms with Crippen LogP contribution in [0.5, 0.6) is 0 Å². The molecule has 1 unspecified atom stereocenters. The van der Waals surface area contributed by atoms with Gasteiger partial charge in [-0.2, -0.15) is 0 Å². The molecule has 5 heteroatoms. The van der Waals surface area contributed by atoms with E-state index in [1.54, 1.807) is 0 Å². The molecule has 1 aliphatic rings. The Hall–Kier alpha value is -1.59. The van der Waals surface area contributed by atoms with Crippen LogP contribution in [0, 0.1) is 0 Å². The Morgan fingerprint density at radius 2 is 1.95 bits per heavy atom. The monoisotopic (exact) mass is 374 g/mol. The van der Waals surface area contributed by atoms with Crippen LogP contribution in [0.2, 0.25) is 0 Å². The van der Waals surface area contributed by atoms with E-state index in [0.717, 1.165) is 27.3 Å². The molecular formula is C17H15BrN2OS. The predicted octanol–water partition coefficient (Wildman–Crippen LogP) is 4.80. The molecule has 0 aromatic heterocycles. The van der Waals surface area contributed by atoms with E-state index in [9.17, 15) is 4.79 Å². The summed E-state index contributed by atoms with van der Waals surface area (Å²) in [6.07, 6.45) is 0.813. The molecule has 0 saturated carbocycles. The van der Waals surface area contributed by atoms with Crippen LogP contribution < -0.4 is 5.32 Å². The number of carbonyl (C=O) groups excluding carboxylic acids is 1. The van der Waals surface area contributed by atoms with E-state index in [4.69, 9.17) is 0 Å². The number of halogens is 1. The Morgan fingerprint density at radius 3 is 2.73 bits per heavy atom. The molecule has 1 atom stereocenters. The number of benzene rings is 2. The molecule has 1 aliphatic heterocycles. The van der Waals surface area contributed by atoms with Crippen molar-refractivity contribution < 1.29 is 4.79 Å². The summed E-state index contributed by atoms with van der Waals surface area (Å²) in [6, 6.07) is 15.7. The zero-order valence-electron chi connectivity index (χ0n) is 12.0. The molecule has 1 N–H and O–H groups in total. The molecular weight excluding hydrogens is 360 g/mol. The van der Waals surface area contributed by atoms with Crippen LogP contribution in [0.4, 0.5) is 11.4 Å². The minimum atomic E-state index is -0.194. The first-order valence-corrected chi connectivity index (χ1v) is 8.68. The number of carbonyl (C=O) groups is 1. The van der Waals surface area contributed by atoms with Crippen molar-refractivity contribution in [1.29, 1.82) is 0 Å². The summed E-state index contributed by atoms with van der Waals surface area (Å²) in [5, 5.41) is 3.75. The number of rotatable bonds is 3. The summed E-state index contributed by atoms with van der Waals surface area (Å²) in [4.78, 5) is 16.9. The van der Waals surface area contributed by atoms with Crippen LogP contribution in [-0.2, 0) is 11.2 Å². The number of nitrogens with one attached hydrogen (secondary N) is 1. The van der Waals surface area contributed by atoms with Crippen LogP contribution in [0.1, 0.15) is 12.5 Å². The number of hydrogen-bond donors (Lipinski definition) is 1. The summed E-state index contributed by atoms with van der Waals surface area (Å²) in [5.74, 6) is -0.0180. The highest BCUT2D eigenvalue weighted by atomic mass is 79.9. The van der Waals surface area contributed by atoms with Crippen molar-refractivity contribution in [3.8, 4) is 0 Å². The molecule has 0 fully saturated rings. The molecule has 1 amide bonds. The van der Waals surface area contributed by atoms with Gasteiger partial charge in [-0.25, -0.2) is 4.99 Å². The third-order valence-corrected chi connectivity index (χ3v) is 5.16. The first kappa shape index (κ1) is 15.3. The molecule has 0 saturated heterocycles. The third-order valence-electron chi connectivity index (χ3n) is 3.39. The summed E-state index contributed by atoms with van der Waals surface area (Å²) >= 11 is 4.96. The fourth-order valence-corrected chi connectivity index (χ4v) is 3.58. The normalized spacial score (nSPS) is 14.2. The molecule has 0 aliphatic carbocycles. The average Bonchev–Trinajstić information content (AvgIpc) is 2.91. The Kier molecular flexibility index (Phi) is 4.64. The summed E-state index contributed by atoms with van der Waals surface area (Å²) in [7, 11) is 0. The maximum Gasteiger partial charge on any atom is 0.237 e. The average molecular weight is 375 g/mol. The van der Waals surface area contributed by atoms with Gasteiger partial charge in [-0.1, -0.05) is 42.1 Å². The molecule has 3 nitrogen and oxygen atoms in total. The summed E-state index contributed by atoms with van der Waals surface area (Å²) in [5.41, 5.74) is 3.03. The number of nitrogens with zero attached hydrogens (tertiary/aromatic N) is 1. The molecule has 112 valence electrons. The van der Waals surface area contributed by atoms with Gasteiger partial charge in [0.2, 0.25) is 5.91 Å². The van der Waals surface area contributed by atoms with E-state index in [0.29, 0.717) is 0 Å². The zero-order chi connectivity index (χ0) is 15.5. The number of fused-ring (bicyclic) bond motifs is 1. The van der Waals surface area contributed by atoms with Crippen molar-refractivity contribution in [3.05, 3.63) is 58.6 Å². The summed E-state index contributed by atoms with van der Waals surface area (Å²) in [6.45, 7) is 1.91. The highest BCUT2D eigenvalue weighted by Gasteiger charge is 2.21. The molecule has 0 bridgehead atoms. The first-order valence-electron chi connectivity index (χ1n) is 7.01. The maximum atomic E-state index is 12.3. The topological polar surface area (TPSA) is 41.5 Å². The largest absolute Gasteiger partial charge is 0.324 e. The molecule has 2 aromatic rings. The number of para-hydroxylation sites is 2. The third kappa shape index (κ3) is 3.42. The second-order valence-electron chi connectivity index (χ2n) is 5.04. The molecule has 3 rings (SSSR count).